The Morgan fingerprint density at radius 3 is 2.48 bits per heavy atom. The lowest BCUT2D eigenvalue weighted by Gasteiger charge is -2.27. The second-order valence-electron chi connectivity index (χ2n) is 8.03. The fraction of sp³-hybridized carbons (Fsp3) is 0.250. The van der Waals surface area contributed by atoms with Gasteiger partial charge in [-0.2, -0.15) is 0 Å². The van der Waals surface area contributed by atoms with Gasteiger partial charge in [0.05, 0.1) is 28.9 Å². The summed E-state index contributed by atoms with van der Waals surface area (Å²) in [7, 11) is 3.20. The van der Waals surface area contributed by atoms with Gasteiger partial charge in [0.25, 0.3) is 5.56 Å². The Labute approximate surface area is 178 Å². The van der Waals surface area contributed by atoms with Crippen LogP contribution in [0.5, 0.6) is 5.75 Å². The van der Waals surface area contributed by atoms with Gasteiger partial charge in [-0.15, -0.1) is 0 Å². The Kier molecular flexibility index (Phi) is 4.37. The molecule has 7 heteroatoms. The summed E-state index contributed by atoms with van der Waals surface area (Å²) in [5.41, 5.74) is 4.34. The van der Waals surface area contributed by atoms with Crippen LogP contribution in [0.1, 0.15) is 22.9 Å². The van der Waals surface area contributed by atoms with Crippen LogP contribution in [0.25, 0.3) is 22.2 Å². The van der Waals surface area contributed by atoms with E-state index in [1.807, 2.05) is 25.1 Å². The summed E-state index contributed by atoms with van der Waals surface area (Å²) in [4.78, 5) is 26.2. The summed E-state index contributed by atoms with van der Waals surface area (Å²) in [5, 5.41) is 10.2. The first-order chi connectivity index (χ1) is 14.9. The van der Waals surface area contributed by atoms with E-state index < -0.39 is 6.10 Å². The van der Waals surface area contributed by atoms with Crippen molar-refractivity contribution in [3.8, 4) is 17.0 Å². The van der Waals surface area contributed by atoms with Gasteiger partial charge >= 0.3 is 5.69 Å². The van der Waals surface area contributed by atoms with E-state index in [1.165, 1.54) is 11.6 Å². The molecule has 0 saturated carbocycles. The summed E-state index contributed by atoms with van der Waals surface area (Å²) >= 11 is 0. The van der Waals surface area contributed by atoms with Crippen LogP contribution in [0, 0.1) is 6.92 Å². The topological polar surface area (TPSA) is 78.4 Å². The quantitative estimate of drug-likeness (QED) is 0.544. The molecule has 31 heavy (non-hydrogen) atoms. The van der Waals surface area contributed by atoms with E-state index in [9.17, 15) is 14.7 Å². The molecular weight excluding hydrogens is 394 g/mol. The van der Waals surface area contributed by atoms with Gasteiger partial charge in [0.2, 0.25) is 0 Å². The molecule has 0 radical (unpaired) electrons. The van der Waals surface area contributed by atoms with Gasteiger partial charge in [-0.05, 0) is 36.2 Å². The van der Waals surface area contributed by atoms with Gasteiger partial charge in [0.15, 0.2) is 0 Å². The fourth-order valence-corrected chi connectivity index (χ4v) is 4.58. The predicted molar refractivity (Wildman–Crippen MR) is 118 cm³/mol. The van der Waals surface area contributed by atoms with Crippen molar-refractivity contribution >= 4 is 10.9 Å². The van der Waals surface area contributed by atoms with Gasteiger partial charge in [-0.1, -0.05) is 35.9 Å². The summed E-state index contributed by atoms with van der Waals surface area (Å²) in [5.74, 6) is 0.168. The number of nitrogens with zero attached hydrogens (tertiary/aromatic N) is 3. The zero-order chi connectivity index (χ0) is 21.9. The maximum absolute atomic E-state index is 13.3. The lowest BCUT2D eigenvalue weighted by molar-refractivity contribution is 0.0478. The highest BCUT2D eigenvalue weighted by molar-refractivity contribution is 5.96. The van der Waals surface area contributed by atoms with Crippen molar-refractivity contribution in [2.45, 2.75) is 19.6 Å². The molecule has 0 amide bonds. The van der Waals surface area contributed by atoms with Crippen molar-refractivity contribution in [3.63, 3.8) is 0 Å². The number of hydrogen-bond acceptors (Lipinski definition) is 4. The smallest absolute Gasteiger partial charge is 0.331 e. The molecule has 2 aromatic carbocycles. The normalized spacial score (nSPS) is 15.9. The van der Waals surface area contributed by atoms with Crippen LogP contribution in [0.3, 0.4) is 0 Å². The molecule has 1 aliphatic rings. The number of hydrogen-bond donors (Lipinski definition) is 1. The fourth-order valence-electron chi connectivity index (χ4n) is 4.58. The second kappa shape index (κ2) is 6.99. The molecule has 0 bridgehead atoms. The molecule has 0 fully saturated rings. The van der Waals surface area contributed by atoms with Crippen molar-refractivity contribution in [3.05, 3.63) is 86.2 Å². The number of benzene rings is 2. The first-order valence-electron chi connectivity index (χ1n) is 10.2. The van der Waals surface area contributed by atoms with E-state index in [0.29, 0.717) is 24.1 Å². The number of ether oxygens (including phenoxy) is 1. The third-order valence-electron chi connectivity index (χ3n) is 6.04. The zero-order valence-corrected chi connectivity index (χ0v) is 17.6. The van der Waals surface area contributed by atoms with Crippen molar-refractivity contribution in [2.24, 2.45) is 14.1 Å². The lowest BCUT2D eigenvalue weighted by Crippen LogP contribution is -2.37. The summed E-state index contributed by atoms with van der Waals surface area (Å²) in [6, 6.07) is 14.9. The Morgan fingerprint density at radius 1 is 1.03 bits per heavy atom. The predicted octanol–water partition coefficient (Wildman–Crippen LogP) is 2.84. The number of rotatable bonds is 2. The van der Waals surface area contributed by atoms with Crippen LogP contribution in [-0.2, 0) is 25.4 Å². The number of aryl methyl sites for hydroxylation is 2. The molecular formula is C24H23N3O4. The molecule has 5 rings (SSSR count). The average Bonchev–Trinajstić information content (AvgIpc) is 3.12. The molecule has 158 valence electrons. The van der Waals surface area contributed by atoms with E-state index >= 15 is 0 Å². The maximum Gasteiger partial charge on any atom is 0.331 e. The Balaban J connectivity index is 1.94. The molecule has 0 unspecified atom stereocenters. The van der Waals surface area contributed by atoms with E-state index in [2.05, 4.69) is 10.6 Å². The molecule has 2 aromatic heterocycles. The van der Waals surface area contributed by atoms with Crippen molar-refractivity contribution in [1.82, 2.24) is 13.7 Å². The van der Waals surface area contributed by atoms with E-state index in [-0.39, 0.29) is 17.0 Å². The van der Waals surface area contributed by atoms with Gasteiger partial charge in [-0.25, -0.2) is 4.79 Å². The Hall–Kier alpha value is -3.58. The zero-order valence-electron chi connectivity index (χ0n) is 17.6. The molecule has 1 atom stereocenters. The molecule has 0 aliphatic carbocycles. The van der Waals surface area contributed by atoms with Crippen LogP contribution >= 0.6 is 0 Å². The highest BCUT2D eigenvalue weighted by atomic mass is 16.5. The highest BCUT2D eigenvalue weighted by Gasteiger charge is 2.33. The summed E-state index contributed by atoms with van der Waals surface area (Å²) < 4.78 is 11.0. The number of phenolic OH excluding ortho intramolecular Hbond substituents is 1. The summed E-state index contributed by atoms with van der Waals surface area (Å²) in [6.07, 6.45) is -0.465. The first-order valence-corrected chi connectivity index (χ1v) is 10.2. The van der Waals surface area contributed by atoms with Gasteiger partial charge in [0, 0.05) is 20.6 Å². The Bertz CT molecular complexity index is 1440. The minimum Gasteiger partial charge on any atom is -0.508 e. The van der Waals surface area contributed by atoms with Crippen LogP contribution in [0.15, 0.2) is 58.1 Å². The van der Waals surface area contributed by atoms with Gasteiger partial charge < -0.3 is 14.4 Å². The van der Waals surface area contributed by atoms with Crippen molar-refractivity contribution < 1.29 is 9.84 Å². The minimum absolute atomic E-state index is 0.168. The number of aromatic nitrogens is 3. The lowest BCUT2D eigenvalue weighted by atomic mass is 10.0. The number of phenols is 1. The monoisotopic (exact) mass is 417 g/mol. The average molecular weight is 417 g/mol. The third kappa shape index (κ3) is 2.84. The van der Waals surface area contributed by atoms with E-state index in [1.54, 1.807) is 31.3 Å². The molecule has 1 N–H and O–H groups in total. The van der Waals surface area contributed by atoms with Crippen LogP contribution in [0.4, 0.5) is 0 Å². The molecule has 0 spiro atoms. The number of aromatic hydroxyl groups is 1. The molecule has 7 nitrogen and oxygen atoms in total. The van der Waals surface area contributed by atoms with Crippen LogP contribution in [-0.4, -0.2) is 25.4 Å². The van der Waals surface area contributed by atoms with Crippen molar-refractivity contribution in [1.29, 1.82) is 0 Å². The van der Waals surface area contributed by atoms with E-state index in [0.717, 1.165) is 32.6 Å². The van der Waals surface area contributed by atoms with Crippen LogP contribution in [0.2, 0.25) is 0 Å². The largest absolute Gasteiger partial charge is 0.508 e. The van der Waals surface area contributed by atoms with E-state index in [4.69, 9.17) is 4.74 Å². The first kappa shape index (κ1) is 19.4. The highest BCUT2D eigenvalue weighted by Crippen LogP contribution is 2.40. The third-order valence-corrected chi connectivity index (χ3v) is 6.04. The standard InChI is InChI=1S/C24H23N3O4/c1-14-5-4-6-16(13-14)19-18-20(25(2)24(30)26(3)23(18)29)21-22(31-12-11-27(19)21)15-7-9-17(28)10-8-15/h4-10,13,22,28H,11-12H2,1-3H3/t22-/m0/s1. The van der Waals surface area contributed by atoms with Gasteiger partial charge in [0.1, 0.15) is 11.9 Å². The maximum atomic E-state index is 13.3. The van der Waals surface area contributed by atoms with Gasteiger partial charge in [-0.3, -0.25) is 13.9 Å². The SMILES string of the molecule is Cc1cccc(-c2c3c(=O)n(C)c(=O)n(C)c3c3n2CCO[C@H]3c2ccc(O)cc2)c1. The molecule has 3 heterocycles. The molecule has 0 saturated heterocycles. The Morgan fingerprint density at radius 2 is 1.77 bits per heavy atom. The number of fused-ring (bicyclic) bond motifs is 3. The minimum atomic E-state index is -0.465. The molecule has 4 aromatic rings. The van der Waals surface area contributed by atoms with Crippen LogP contribution < -0.4 is 11.2 Å². The van der Waals surface area contributed by atoms with Crippen molar-refractivity contribution in [2.75, 3.05) is 6.61 Å². The second-order valence-corrected chi connectivity index (χ2v) is 8.03. The summed E-state index contributed by atoms with van der Waals surface area (Å²) in [6.45, 7) is 3.05. The molecule has 1 aliphatic heterocycles.